The molecule has 0 saturated carbocycles. The molecule has 0 aliphatic rings. The maximum atomic E-state index is 5.59. The van der Waals surface area contributed by atoms with Gasteiger partial charge in [0.15, 0.2) is 0 Å². The molecule has 2 N–H and O–H groups in total. The molecule has 1 aromatic rings. The summed E-state index contributed by atoms with van der Waals surface area (Å²) in [4.78, 5) is 0. The lowest BCUT2D eigenvalue weighted by atomic mass is 9.99. The van der Waals surface area contributed by atoms with E-state index in [1.54, 1.807) is 0 Å². The van der Waals surface area contributed by atoms with Crippen LogP contribution in [0, 0.1) is 5.92 Å². The van der Waals surface area contributed by atoms with Gasteiger partial charge in [0.05, 0.1) is 0 Å². The van der Waals surface area contributed by atoms with Crippen LogP contribution in [0.2, 0.25) is 0 Å². The Morgan fingerprint density at radius 1 is 1.12 bits per heavy atom. The fourth-order valence-corrected chi connectivity index (χ4v) is 1.10. The van der Waals surface area contributed by atoms with E-state index in [1.165, 1.54) is 5.56 Å². The molecule has 0 radical (unpaired) electrons. The first kappa shape index (κ1) is 17.2. The van der Waals surface area contributed by atoms with Gasteiger partial charge >= 0.3 is 0 Å². The minimum Gasteiger partial charge on any atom is -0.402 e. The summed E-state index contributed by atoms with van der Waals surface area (Å²) in [5.41, 5.74) is 7.67. The zero-order valence-electron chi connectivity index (χ0n) is 11.5. The molecule has 1 rings (SSSR count). The molecule has 1 aromatic carbocycles. The molecule has 1 atom stereocenters. The molecule has 0 saturated heterocycles. The highest BCUT2D eigenvalue weighted by Crippen LogP contribution is 2.11. The van der Waals surface area contributed by atoms with E-state index in [2.05, 4.69) is 25.6 Å². The van der Waals surface area contributed by atoms with Crippen LogP contribution < -0.4 is 5.73 Å². The Hall–Kier alpha value is -1.24. The van der Waals surface area contributed by atoms with Crippen molar-refractivity contribution >= 4 is 0 Å². The van der Waals surface area contributed by atoms with Crippen molar-refractivity contribution in [2.24, 2.45) is 11.7 Å². The summed E-state index contributed by atoms with van der Waals surface area (Å²) in [7, 11) is 0. The quantitative estimate of drug-likeness (QED) is 0.805. The molecule has 0 fully saturated rings. The third kappa shape index (κ3) is 8.10. The number of benzene rings is 1. The third-order valence-corrected chi connectivity index (χ3v) is 2.02. The molecule has 0 bridgehead atoms. The van der Waals surface area contributed by atoms with Crippen LogP contribution in [0.4, 0.5) is 0 Å². The highest BCUT2D eigenvalue weighted by molar-refractivity contribution is 5.16. The van der Waals surface area contributed by atoms with Crippen LogP contribution in [-0.4, -0.2) is 0 Å². The number of hydrogen-bond acceptors (Lipinski definition) is 1. The first-order chi connectivity index (χ1) is 7.70. The van der Waals surface area contributed by atoms with Crippen molar-refractivity contribution in [2.75, 3.05) is 0 Å². The predicted molar refractivity (Wildman–Crippen MR) is 75.3 cm³/mol. The van der Waals surface area contributed by atoms with E-state index in [9.17, 15) is 0 Å². The van der Waals surface area contributed by atoms with Crippen molar-refractivity contribution in [2.45, 2.75) is 41.0 Å². The van der Waals surface area contributed by atoms with Crippen LogP contribution in [-0.2, 0) is 6.42 Å². The van der Waals surface area contributed by atoms with Crippen LogP contribution in [0.3, 0.4) is 0 Å². The smallest absolute Gasteiger partial charge is 0.00395 e. The highest BCUT2D eigenvalue weighted by atomic mass is 14.6. The van der Waals surface area contributed by atoms with E-state index in [0.717, 1.165) is 12.1 Å². The molecular formula is C15H27N. The van der Waals surface area contributed by atoms with Gasteiger partial charge in [-0.15, -0.1) is 0 Å². The van der Waals surface area contributed by atoms with Gasteiger partial charge < -0.3 is 5.73 Å². The molecule has 0 heterocycles. The lowest BCUT2D eigenvalue weighted by Crippen LogP contribution is -2.09. The summed E-state index contributed by atoms with van der Waals surface area (Å²) < 4.78 is 0. The van der Waals surface area contributed by atoms with Crippen LogP contribution in [0.5, 0.6) is 0 Å². The van der Waals surface area contributed by atoms with Gasteiger partial charge in [-0.1, -0.05) is 71.5 Å². The van der Waals surface area contributed by atoms with Gasteiger partial charge in [0.1, 0.15) is 0 Å². The van der Waals surface area contributed by atoms with Gasteiger partial charge in [0.2, 0.25) is 0 Å². The average molecular weight is 221 g/mol. The number of allylic oxidation sites excluding steroid dienone is 1. The Morgan fingerprint density at radius 2 is 1.56 bits per heavy atom. The summed E-state index contributed by atoms with van der Waals surface area (Å²) in [5.74, 6) is 0.368. The fourth-order valence-electron chi connectivity index (χ4n) is 1.10. The Kier molecular flexibility index (Phi) is 12.7. The summed E-state index contributed by atoms with van der Waals surface area (Å²) in [6, 6.07) is 10.3. The Balaban J connectivity index is 0. The van der Waals surface area contributed by atoms with Gasteiger partial charge in [-0.3, -0.25) is 0 Å². The molecule has 0 unspecified atom stereocenters. The standard InChI is InChI=1S/C11H15N.2C2H6/c1-9(10(2)12)8-11-6-4-3-5-7-11;2*1-2/h3-7,9H,2,8,12H2,1H3;2*1-2H3/t9-;;/m1../s1. The summed E-state index contributed by atoms with van der Waals surface area (Å²) >= 11 is 0. The van der Waals surface area contributed by atoms with E-state index in [4.69, 9.17) is 5.73 Å². The van der Waals surface area contributed by atoms with Gasteiger partial charge in [0, 0.05) is 5.70 Å². The molecule has 1 nitrogen and oxygen atoms in total. The number of hydrogen-bond donors (Lipinski definition) is 1. The largest absolute Gasteiger partial charge is 0.402 e. The van der Waals surface area contributed by atoms with Crippen LogP contribution in [0.15, 0.2) is 42.6 Å². The van der Waals surface area contributed by atoms with Crippen LogP contribution in [0.25, 0.3) is 0 Å². The second-order valence-corrected chi connectivity index (χ2v) is 3.17. The van der Waals surface area contributed by atoms with Crippen molar-refractivity contribution in [3.05, 3.63) is 48.2 Å². The van der Waals surface area contributed by atoms with Crippen molar-refractivity contribution in [1.82, 2.24) is 0 Å². The lowest BCUT2D eigenvalue weighted by molar-refractivity contribution is 0.672. The predicted octanol–water partition coefficient (Wildman–Crippen LogP) is 4.39. The molecule has 1 heteroatoms. The normalized spacial score (nSPS) is 10.1. The van der Waals surface area contributed by atoms with E-state index in [0.29, 0.717) is 5.92 Å². The monoisotopic (exact) mass is 221 g/mol. The highest BCUT2D eigenvalue weighted by Gasteiger charge is 2.03. The van der Waals surface area contributed by atoms with Crippen LogP contribution in [0.1, 0.15) is 40.2 Å². The van der Waals surface area contributed by atoms with Crippen molar-refractivity contribution in [3.8, 4) is 0 Å². The summed E-state index contributed by atoms with van der Waals surface area (Å²) in [6.45, 7) is 13.8. The summed E-state index contributed by atoms with van der Waals surface area (Å²) in [5, 5.41) is 0. The first-order valence-electron chi connectivity index (χ1n) is 6.18. The number of rotatable bonds is 3. The van der Waals surface area contributed by atoms with Gasteiger partial charge in [-0.25, -0.2) is 0 Å². The van der Waals surface area contributed by atoms with E-state index in [1.807, 2.05) is 45.9 Å². The van der Waals surface area contributed by atoms with Crippen LogP contribution >= 0.6 is 0 Å². The molecule has 92 valence electrons. The van der Waals surface area contributed by atoms with E-state index in [-0.39, 0.29) is 0 Å². The van der Waals surface area contributed by atoms with Gasteiger partial charge in [-0.05, 0) is 17.9 Å². The Labute approximate surface area is 101 Å². The fraction of sp³-hybridized carbons (Fsp3) is 0.467. The van der Waals surface area contributed by atoms with Crippen molar-refractivity contribution in [1.29, 1.82) is 0 Å². The SMILES string of the molecule is C=C(N)[C@H](C)Cc1ccccc1.CC.CC. The minimum atomic E-state index is 0.368. The molecule has 16 heavy (non-hydrogen) atoms. The average Bonchev–Trinajstić information content (AvgIpc) is 2.35. The van der Waals surface area contributed by atoms with Crippen molar-refractivity contribution in [3.63, 3.8) is 0 Å². The third-order valence-electron chi connectivity index (χ3n) is 2.02. The molecule has 0 aliphatic carbocycles. The molecule has 0 aliphatic heterocycles. The molecule has 0 aromatic heterocycles. The van der Waals surface area contributed by atoms with Gasteiger partial charge in [-0.2, -0.15) is 0 Å². The molecule has 0 amide bonds. The second kappa shape index (κ2) is 11.8. The summed E-state index contributed by atoms with van der Waals surface area (Å²) in [6.07, 6.45) is 0.982. The second-order valence-electron chi connectivity index (χ2n) is 3.17. The lowest BCUT2D eigenvalue weighted by Gasteiger charge is -2.09. The van der Waals surface area contributed by atoms with E-state index >= 15 is 0 Å². The Morgan fingerprint density at radius 3 is 1.94 bits per heavy atom. The molecule has 0 spiro atoms. The topological polar surface area (TPSA) is 26.0 Å². The first-order valence-corrected chi connectivity index (χ1v) is 6.18. The zero-order chi connectivity index (χ0) is 13.0. The zero-order valence-corrected chi connectivity index (χ0v) is 11.5. The Bertz CT molecular complexity index is 251. The van der Waals surface area contributed by atoms with Crippen molar-refractivity contribution < 1.29 is 0 Å². The minimum absolute atomic E-state index is 0.368. The number of nitrogens with two attached hydrogens (primary N) is 1. The maximum absolute atomic E-state index is 5.59. The maximum Gasteiger partial charge on any atom is 0.00395 e. The van der Waals surface area contributed by atoms with Gasteiger partial charge in [0.25, 0.3) is 0 Å². The molecular weight excluding hydrogens is 194 g/mol. The van der Waals surface area contributed by atoms with E-state index < -0.39 is 0 Å².